The number of methoxy groups -OCH3 is 1. The molecule has 16 heavy (non-hydrogen) atoms. The minimum atomic E-state index is -0.510. The summed E-state index contributed by atoms with van der Waals surface area (Å²) >= 11 is 0. The van der Waals surface area contributed by atoms with Crippen molar-refractivity contribution >= 4 is 0 Å². The Morgan fingerprint density at radius 2 is 1.94 bits per heavy atom. The van der Waals surface area contributed by atoms with Gasteiger partial charge in [0.15, 0.2) is 0 Å². The molecule has 0 aliphatic carbocycles. The zero-order chi connectivity index (χ0) is 12.3. The van der Waals surface area contributed by atoms with Crippen LogP contribution in [-0.4, -0.2) is 37.8 Å². The second-order valence-electron chi connectivity index (χ2n) is 4.41. The summed E-state index contributed by atoms with van der Waals surface area (Å²) < 4.78 is 5.38. The topological polar surface area (TPSA) is 32.7 Å². The van der Waals surface area contributed by atoms with Crippen LogP contribution in [-0.2, 0) is 0 Å². The standard InChI is InChI=1S/C13H21NO2/c1-9-6-7-11(12(15)8-14(3)4)13(16-5)10(9)2/h6-7,12,15H,8H2,1-5H3. The molecule has 1 atom stereocenters. The Labute approximate surface area is 97.7 Å². The fourth-order valence-corrected chi connectivity index (χ4v) is 1.79. The van der Waals surface area contributed by atoms with Crippen molar-refractivity contribution in [2.45, 2.75) is 20.0 Å². The first-order valence-electron chi connectivity index (χ1n) is 5.44. The van der Waals surface area contributed by atoms with E-state index in [0.29, 0.717) is 6.54 Å². The van der Waals surface area contributed by atoms with Crippen LogP contribution < -0.4 is 4.74 Å². The van der Waals surface area contributed by atoms with Gasteiger partial charge in [0.25, 0.3) is 0 Å². The minimum absolute atomic E-state index is 0.510. The molecular formula is C13H21NO2. The number of nitrogens with zero attached hydrogens (tertiary/aromatic N) is 1. The largest absolute Gasteiger partial charge is 0.496 e. The van der Waals surface area contributed by atoms with Crippen molar-refractivity contribution in [1.29, 1.82) is 0 Å². The summed E-state index contributed by atoms with van der Waals surface area (Å²) in [4.78, 5) is 1.96. The van der Waals surface area contributed by atoms with E-state index in [0.717, 1.165) is 16.9 Å². The molecule has 0 saturated heterocycles. The molecule has 0 aromatic heterocycles. The Hall–Kier alpha value is -1.06. The van der Waals surface area contributed by atoms with Crippen LogP contribution in [0.15, 0.2) is 12.1 Å². The van der Waals surface area contributed by atoms with Crippen LogP contribution >= 0.6 is 0 Å². The predicted molar refractivity (Wildman–Crippen MR) is 66.0 cm³/mol. The van der Waals surface area contributed by atoms with Crippen LogP contribution in [0.2, 0.25) is 0 Å². The smallest absolute Gasteiger partial charge is 0.127 e. The first-order chi connectivity index (χ1) is 7.47. The van der Waals surface area contributed by atoms with Gasteiger partial charge < -0.3 is 14.7 Å². The molecule has 3 nitrogen and oxygen atoms in total. The highest BCUT2D eigenvalue weighted by atomic mass is 16.5. The van der Waals surface area contributed by atoms with Crippen LogP contribution in [0, 0.1) is 13.8 Å². The number of hydrogen-bond acceptors (Lipinski definition) is 3. The van der Waals surface area contributed by atoms with Crippen LogP contribution in [0.3, 0.4) is 0 Å². The Bertz CT molecular complexity index is 361. The molecule has 0 amide bonds. The maximum Gasteiger partial charge on any atom is 0.127 e. The van der Waals surface area contributed by atoms with Gasteiger partial charge in [-0.2, -0.15) is 0 Å². The Balaban J connectivity index is 3.08. The van der Waals surface area contributed by atoms with Gasteiger partial charge >= 0.3 is 0 Å². The summed E-state index contributed by atoms with van der Waals surface area (Å²) in [5.41, 5.74) is 3.13. The van der Waals surface area contributed by atoms with Gasteiger partial charge in [-0.3, -0.25) is 0 Å². The minimum Gasteiger partial charge on any atom is -0.496 e. The molecule has 0 aliphatic rings. The zero-order valence-electron chi connectivity index (χ0n) is 10.7. The maximum atomic E-state index is 10.1. The lowest BCUT2D eigenvalue weighted by molar-refractivity contribution is 0.135. The van der Waals surface area contributed by atoms with E-state index in [1.807, 2.05) is 45.0 Å². The molecule has 1 unspecified atom stereocenters. The van der Waals surface area contributed by atoms with E-state index in [-0.39, 0.29) is 0 Å². The molecule has 3 heteroatoms. The fraction of sp³-hybridized carbons (Fsp3) is 0.538. The van der Waals surface area contributed by atoms with Crippen molar-refractivity contribution in [3.8, 4) is 5.75 Å². The maximum absolute atomic E-state index is 10.1. The summed E-state index contributed by atoms with van der Waals surface area (Å²) in [6.07, 6.45) is -0.510. The molecular weight excluding hydrogens is 202 g/mol. The first-order valence-corrected chi connectivity index (χ1v) is 5.44. The summed E-state index contributed by atoms with van der Waals surface area (Å²) in [7, 11) is 5.53. The third-order valence-electron chi connectivity index (χ3n) is 2.81. The van der Waals surface area contributed by atoms with Crippen LogP contribution in [0.5, 0.6) is 5.75 Å². The molecule has 1 aromatic carbocycles. The SMILES string of the molecule is COc1c(C(O)CN(C)C)ccc(C)c1C. The van der Waals surface area contributed by atoms with Gasteiger partial charge in [0.2, 0.25) is 0 Å². The summed E-state index contributed by atoms with van der Waals surface area (Å²) in [5.74, 6) is 0.800. The Morgan fingerprint density at radius 1 is 1.31 bits per heavy atom. The fourth-order valence-electron chi connectivity index (χ4n) is 1.79. The molecule has 1 rings (SSSR count). The van der Waals surface area contributed by atoms with E-state index in [1.165, 1.54) is 5.56 Å². The van der Waals surface area contributed by atoms with Crippen molar-refractivity contribution < 1.29 is 9.84 Å². The molecule has 90 valence electrons. The average molecular weight is 223 g/mol. The van der Waals surface area contributed by atoms with Crippen molar-refractivity contribution in [3.63, 3.8) is 0 Å². The van der Waals surface area contributed by atoms with Gasteiger partial charge in [-0.1, -0.05) is 12.1 Å². The quantitative estimate of drug-likeness (QED) is 0.846. The summed E-state index contributed by atoms with van der Waals surface area (Å²) in [5, 5.41) is 10.1. The highest BCUT2D eigenvalue weighted by Gasteiger charge is 2.16. The van der Waals surface area contributed by atoms with Gasteiger partial charge in [0, 0.05) is 12.1 Å². The van der Waals surface area contributed by atoms with Crippen molar-refractivity contribution in [1.82, 2.24) is 4.90 Å². The highest BCUT2D eigenvalue weighted by molar-refractivity contribution is 5.46. The second kappa shape index (κ2) is 5.32. The van der Waals surface area contributed by atoms with Crippen LogP contribution in [0.25, 0.3) is 0 Å². The molecule has 0 radical (unpaired) electrons. The van der Waals surface area contributed by atoms with Crippen LogP contribution in [0.4, 0.5) is 0 Å². The molecule has 1 N–H and O–H groups in total. The Kier molecular flexibility index (Phi) is 4.33. The lowest BCUT2D eigenvalue weighted by Gasteiger charge is -2.20. The van der Waals surface area contributed by atoms with Gasteiger partial charge in [0.05, 0.1) is 13.2 Å². The first kappa shape index (κ1) is 13.0. The molecule has 0 aliphatic heterocycles. The van der Waals surface area contributed by atoms with Gasteiger partial charge in [-0.05, 0) is 39.1 Å². The van der Waals surface area contributed by atoms with Crippen molar-refractivity contribution in [2.75, 3.05) is 27.7 Å². The number of hydrogen-bond donors (Lipinski definition) is 1. The molecule has 0 fully saturated rings. The van der Waals surface area contributed by atoms with E-state index in [2.05, 4.69) is 0 Å². The third kappa shape index (κ3) is 2.74. The second-order valence-corrected chi connectivity index (χ2v) is 4.41. The van der Waals surface area contributed by atoms with E-state index in [4.69, 9.17) is 4.74 Å². The number of rotatable bonds is 4. The zero-order valence-corrected chi connectivity index (χ0v) is 10.7. The van der Waals surface area contributed by atoms with E-state index in [9.17, 15) is 5.11 Å². The number of aryl methyl sites for hydroxylation is 1. The number of aliphatic hydroxyl groups is 1. The van der Waals surface area contributed by atoms with E-state index >= 15 is 0 Å². The number of aliphatic hydroxyl groups excluding tert-OH is 1. The average Bonchev–Trinajstić information content (AvgIpc) is 2.20. The molecule has 0 spiro atoms. The van der Waals surface area contributed by atoms with E-state index in [1.54, 1.807) is 7.11 Å². The lowest BCUT2D eigenvalue weighted by atomic mass is 10.0. The normalized spacial score (nSPS) is 12.9. The van der Waals surface area contributed by atoms with Crippen molar-refractivity contribution in [3.05, 3.63) is 28.8 Å². The Morgan fingerprint density at radius 3 is 2.44 bits per heavy atom. The number of ether oxygens (including phenoxy) is 1. The number of likely N-dealkylation sites (N-methyl/N-ethyl adjacent to an activating group) is 1. The lowest BCUT2D eigenvalue weighted by Crippen LogP contribution is -2.20. The van der Waals surface area contributed by atoms with Gasteiger partial charge in [-0.25, -0.2) is 0 Å². The van der Waals surface area contributed by atoms with Crippen molar-refractivity contribution in [2.24, 2.45) is 0 Å². The van der Waals surface area contributed by atoms with Gasteiger partial charge in [-0.15, -0.1) is 0 Å². The number of benzene rings is 1. The summed E-state index contributed by atoms with van der Waals surface area (Å²) in [6, 6.07) is 3.96. The predicted octanol–water partition coefficient (Wildman–Crippen LogP) is 1.91. The highest BCUT2D eigenvalue weighted by Crippen LogP contribution is 2.30. The van der Waals surface area contributed by atoms with Crippen LogP contribution in [0.1, 0.15) is 22.8 Å². The third-order valence-corrected chi connectivity index (χ3v) is 2.81. The van der Waals surface area contributed by atoms with Gasteiger partial charge in [0.1, 0.15) is 5.75 Å². The molecule has 0 saturated carbocycles. The monoisotopic (exact) mass is 223 g/mol. The molecule has 1 aromatic rings. The summed E-state index contributed by atoms with van der Waals surface area (Å²) in [6.45, 7) is 4.65. The molecule has 0 bridgehead atoms. The van der Waals surface area contributed by atoms with E-state index < -0.39 is 6.10 Å². The molecule has 0 heterocycles.